The van der Waals surface area contributed by atoms with E-state index >= 15 is 0 Å². The molecule has 0 aromatic heterocycles. The number of rotatable bonds is 10. The van der Waals surface area contributed by atoms with Gasteiger partial charge in [0, 0.05) is 13.1 Å². The molecule has 0 amide bonds. The molecule has 4 N–H and O–H groups in total. The number of nitrogens with one attached hydrogen (secondary N) is 2. The minimum absolute atomic E-state index is 0.191. The van der Waals surface area contributed by atoms with Gasteiger partial charge in [0.2, 0.25) is 0 Å². The van der Waals surface area contributed by atoms with Gasteiger partial charge in [0.25, 0.3) is 0 Å². The van der Waals surface area contributed by atoms with Crippen LogP contribution in [0.3, 0.4) is 0 Å². The highest BCUT2D eigenvalue weighted by Crippen LogP contribution is 2.01. The summed E-state index contributed by atoms with van der Waals surface area (Å²) in [5, 5.41) is 24.9. The molecular formula is C12H28N2O2. The molecule has 0 heterocycles. The molecule has 4 nitrogen and oxygen atoms in total. The van der Waals surface area contributed by atoms with Gasteiger partial charge in [0.15, 0.2) is 0 Å². The Kier molecular flexibility index (Phi) is 9.92. The minimum Gasteiger partial charge on any atom is -0.392 e. The van der Waals surface area contributed by atoms with E-state index in [9.17, 15) is 10.2 Å². The number of aliphatic hydroxyl groups is 2. The molecule has 0 fully saturated rings. The quantitative estimate of drug-likeness (QED) is 0.333. The predicted molar refractivity (Wildman–Crippen MR) is 67.3 cm³/mol. The van der Waals surface area contributed by atoms with E-state index in [4.69, 9.17) is 0 Å². The molecule has 0 radical (unpaired) electrons. The van der Waals surface area contributed by atoms with Gasteiger partial charge in [-0.25, -0.2) is 0 Å². The molecule has 4 heteroatoms. The van der Waals surface area contributed by atoms with Crippen LogP contribution in [0.4, 0.5) is 0 Å². The van der Waals surface area contributed by atoms with Gasteiger partial charge in [0.1, 0.15) is 0 Å². The SMILES string of the molecule is CCCCCC(NCC(C)O)NCC(C)O. The second-order valence-electron chi connectivity index (χ2n) is 4.56. The summed E-state index contributed by atoms with van der Waals surface area (Å²) < 4.78 is 0. The van der Waals surface area contributed by atoms with Crippen LogP contribution in [0.2, 0.25) is 0 Å². The number of hydrogen-bond donors (Lipinski definition) is 4. The molecule has 98 valence electrons. The molecule has 0 aliphatic heterocycles. The highest BCUT2D eigenvalue weighted by molar-refractivity contribution is 4.67. The Morgan fingerprint density at radius 3 is 1.81 bits per heavy atom. The molecule has 0 saturated carbocycles. The van der Waals surface area contributed by atoms with Crippen LogP contribution in [0.5, 0.6) is 0 Å². The summed E-state index contributed by atoms with van der Waals surface area (Å²) in [6.45, 7) is 6.89. The standard InChI is InChI=1S/C12H28N2O2/c1-4-5-6-7-12(13-8-10(2)15)14-9-11(3)16/h10-16H,4-9H2,1-3H3. The third-order valence-corrected chi connectivity index (χ3v) is 2.42. The molecular weight excluding hydrogens is 204 g/mol. The van der Waals surface area contributed by atoms with Crippen LogP contribution in [0.1, 0.15) is 46.5 Å². The van der Waals surface area contributed by atoms with Gasteiger partial charge >= 0.3 is 0 Å². The van der Waals surface area contributed by atoms with Gasteiger partial charge in [-0.15, -0.1) is 0 Å². The van der Waals surface area contributed by atoms with Crippen LogP contribution in [0.15, 0.2) is 0 Å². The summed E-state index contributed by atoms with van der Waals surface area (Å²) in [6, 6.07) is 0. The van der Waals surface area contributed by atoms with Crippen molar-refractivity contribution in [1.82, 2.24) is 10.6 Å². The van der Waals surface area contributed by atoms with Crippen molar-refractivity contribution in [2.24, 2.45) is 0 Å². The molecule has 2 atom stereocenters. The van der Waals surface area contributed by atoms with E-state index in [0.717, 1.165) is 6.42 Å². The molecule has 0 saturated heterocycles. The monoisotopic (exact) mass is 232 g/mol. The molecule has 0 aromatic carbocycles. The largest absolute Gasteiger partial charge is 0.392 e. The first kappa shape index (κ1) is 15.8. The summed E-state index contributed by atoms with van der Waals surface area (Å²) >= 11 is 0. The van der Waals surface area contributed by atoms with Gasteiger partial charge in [-0.3, -0.25) is 10.6 Å². The lowest BCUT2D eigenvalue weighted by molar-refractivity contribution is 0.165. The maximum atomic E-state index is 9.21. The number of hydrogen-bond acceptors (Lipinski definition) is 4. The maximum absolute atomic E-state index is 9.21. The van der Waals surface area contributed by atoms with Crippen molar-refractivity contribution in [2.75, 3.05) is 13.1 Å². The molecule has 0 aliphatic carbocycles. The van der Waals surface area contributed by atoms with Crippen molar-refractivity contribution in [3.8, 4) is 0 Å². The van der Waals surface area contributed by atoms with Gasteiger partial charge < -0.3 is 10.2 Å². The molecule has 2 unspecified atom stereocenters. The maximum Gasteiger partial charge on any atom is 0.0637 e. The molecule has 0 bridgehead atoms. The van der Waals surface area contributed by atoms with Gasteiger partial charge in [0.05, 0.1) is 18.4 Å². The normalized spacial score (nSPS) is 17.1. The van der Waals surface area contributed by atoms with Crippen molar-refractivity contribution in [1.29, 1.82) is 0 Å². The topological polar surface area (TPSA) is 64.5 Å². The Labute approximate surface area is 99.4 Å². The fraction of sp³-hybridized carbons (Fsp3) is 1.00. The molecule has 0 aliphatic rings. The predicted octanol–water partition coefficient (Wildman–Crippen LogP) is 0.834. The highest BCUT2D eigenvalue weighted by atomic mass is 16.3. The fourth-order valence-electron chi connectivity index (χ4n) is 1.50. The highest BCUT2D eigenvalue weighted by Gasteiger charge is 2.09. The smallest absolute Gasteiger partial charge is 0.0637 e. The van der Waals surface area contributed by atoms with E-state index in [1.165, 1.54) is 19.3 Å². The lowest BCUT2D eigenvalue weighted by atomic mass is 10.1. The van der Waals surface area contributed by atoms with E-state index in [0.29, 0.717) is 13.1 Å². The third kappa shape index (κ3) is 10.4. The van der Waals surface area contributed by atoms with E-state index in [2.05, 4.69) is 17.6 Å². The van der Waals surface area contributed by atoms with Crippen molar-refractivity contribution >= 4 is 0 Å². The molecule has 16 heavy (non-hydrogen) atoms. The first-order valence-electron chi connectivity index (χ1n) is 6.39. The molecule has 0 spiro atoms. The Bertz CT molecular complexity index is 140. The van der Waals surface area contributed by atoms with E-state index < -0.39 is 0 Å². The van der Waals surface area contributed by atoms with Crippen molar-refractivity contribution in [2.45, 2.75) is 64.8 Å². The van der Waals surface area contributed by atoms with Crippen LogP contribution in [-0.2, 0) is 0 Å². The van der Waals surface area contributed by atoms with Crippen molar-refractivity contribution in [3.63, 3.8) is 0 Å². The summed E-state index contributed by atoms with van der Waals surface area (Å²) in [4.78, 5) is 0. The van der Waals surface area contributed by atoms with Crippen LogP contribution in [0, 0.1) is 0 Å². The van der Waals surface area contributed by atoms with Gasteiger partial charge in [-0.05, 0) is 20.3 Å². The van der Waals surface area contributed by atoms with Crippen LogP contribution >= 0.6 is 0 Å². The first-order valence-corrected chi connectivity index (χ1v) is 6.39. The summed E-state index contributed by atoms with van der Waals surface area (Å²) in [5.74, 6) is 0. The molecule has 0 rings (SSSR count). The average molecular weight is 232 g/mol. The number of unbranched alkanes of at least 4 members (excludes halogenated alkanes) is 2. The summed E-state index contributed by atoms with van der Waals surface area (Å²) in [7, 11) is 0. The zero-order chi connectivity index (χ0) is 12.4. The van der Waals surface area contributed by atoms with Crippen molar-refractivity contribution in [3.05, 3.63) is 0 Å². The van der Waals surface area contributed by atoms with Crippen molar-refractivity contribution < 1.29 is 10.2 Å². The summed E-state index contributed by atoms with van der Waals surface area (Å²) in [5.41, 5.74) is 0. The second kappa shape index (κ2) is 10.0. The lowest BCUT2D eigenvalue weighted by Crippen LogP contribution is -2.46. The van der Waals surface area contributed by atoms with Gasteiger partial charge in [-0.1, -0.05) is 26.2 Å². The fourth-order valence-corrected chi connectivity index (χ4v) is 1.50. The van der Waals surface area contributed by atoms with Gasteiger partial charge in [-0.2, -0.15) is 0 Å². The lowest BCUT2D eigenvalue weighted by Gasteiger charge is -2.22. The minimum atomic E-state index is -0.331. The molecule has 0 aromatic rings. The first-order chi connectivity index (χ1) is 7.56. The Morgan fingerprint density at radius 2 is 1.44 bits per heavy atom. The average Bonchev–Trinajstić information content (AvgIpc) is 2.21. The third-order valence-electron chi connectivity index (χ3n) is 2.42. The second-order valence-corrected chi connectivity index (χ2v) is 4.56. The van der Waals surface area contributed by atoms with Crippen LogP contribution in [0.25, 0.3) is 0 Å². The van der Waals surface area contributed by atoms with Crippen LogP contribution < -0.4 is 10.6 Å². The number of aliphatic hydroxyl groups excluding tert-OH is 2. The zero-order valence-electron chi connectivity index (χ0n) is 10.9. The Morgan fingerprint density at radius 1 is 0.938 bits per heavy atom. The zero-order valence-corrected chi connectivity index (χ0v) is 10.9. The van der Waals surface area contributed by atoms with E-state index in [-0.39, 0.29) is 18.4 Å². The van der Waals surface area contributed by atoms with Crippen LogP contribution in [-0.4, -0.2) is 41.7 Å². The Balaban J connectivity index is 3.76. The van der Waals surface area contributed by atoms with E-state index in [1.54, 1.807) is 13.8 Å². The Hall–Kier alpha value is -0.160. The summed E-state index contributed by atoms with van der Waals surface area (Å²) in [6.07, 6.45) is 4.16. The van der Waals surface area contributed by atoms with E-state index in [1.807, 2.05) is 0 Å².